The zero-order valence-electron chi connectivity index (χ0n) is 14.6. The predicted molar refractivity (Wildman–Crippen MR) is 98.3 cm³/mol. The van der Waals surface area contributed by atoms with E-state index in [1.807, 2.05) is 0 Å². The van der Waals surface area contributed by atoms with E-state index in [9.17, 15) is 14.0 Å². The van der Waals surface area contributed by atoms with Crippen molar-refractivity contribution in [2.24, 2.45) is 0 Å². The fraction of sp³-hybridized carbons (Fsp3) is 0.0476. The van der Waals surface area contributed by atoms with Gasteiger partial charge in [0.25, 0.3) is 0 Å². The molecule has 0 fully saturated rings. The number of esters is 2. The second-order valence-electron chi connectivity index (χ2n) is 5.37. The van der Waals surface area contributed by atoms with Crippen LogP contribution in [0.5, 0.6) is 11.5 Å². The normalized spacial score (nSPS) is 10.3. The van der Waals surface area contributed by atoms with Crippen LogP contribution in [-0.2, 0) is 14.3 Å². The molecular formula is C21H17FO5. The second kappa shape index (κ2) is 9.15. The molecule has 6 heteroatoms. The molecule has 0 atom stereocenters. The smallest absolute Gasteiger partial charge is 0.338 e. The van der Waals surface area contributed by atoms with Crippen LogP contribution in [0.3, 0.4) is 0 Å². The molecule has 2 rings (SSSR count). The summed E-state index contributed by atoms with van der Waals surface area (Å²) in [6, 6.07) is 11.1. The van der Waals surface area contributed by atoms with E-state index in [1.165, 1.54) is 25.3 Å². The molecule has 0 aliphatic carbocycles. The zero-order chi connectivity index (χ0) is 19.8. The number of carbonyl (C=O) groups is 2. The van der Waals surface area contributed by atoms with Crippen molar-refractivity contribution >= 4 is 11.9 Å². The van der Waals surface area contributed by atoms with E-state index in [-0.39, 0.29) is 11.3 Å². The summed E-state index contributed by atoms with van der Waals surface area (Å²) in [6.45, 7) is 8.20. The molecule has 0 spiro atoms. The van der Waals surface area contributed by atoms with Crippen molar-refractivity contribution in [3.05, 3.63) is 85.6 Å². The number of rotatable bonds is 7. The van der Waals surface area contributed by atoms with Crippen LogP contribution in [0.4, 0.5) is 4.39 Å². The SMILES string of the molecule is C=CC(=O)O/C=C\Oc1ccc(-c2ccc(OC(=O)C(=C)C)c(F)c2)cc1. The van der Waals surface area contributed by atoms with Crippen LogP contribution in [0.15, 0.2) is 79.8 Å². The average molecular weight is 368 g/mol. The molecule has 0 radical (unpaired) electrons. The third kappa shape index (κ3) is 5.67. The van der Waals surface area contributed by atoms with Crippen LogP contribution in [-0.4, -0.2) is 11.9 Å². The number of benzene rings is 2. The molecule has 138 valence electrons. The molecule has 0 heterocycles. The Balaban J connectivity index is 2.05. The van der Waals surface area contributed by atoms with Crippen molar-refractivity contribution in [1.29, 1.82) is 0 Å². The lowest BCUT2D eigenvalue weighted by Gasteiger charge is -2.08. The van der Waals surface area contributed by atoms with Gasteiger partial charge in [0, 0.05) is 11.6 Å². The fourth-order valence-corrected chi connectivity index (χ4v) is 1.93. The van der Waals surface area contributed by atoms with Crippen LogP contribution < -0.4 is 9.47 Å². The Morgan fingerprint density at radius 3 is 2.30 bits per heavy atom. The Hall–Kier alpha value is -3.67. The van der Waals surface area contributed by atoms with Gasteiger partial charge in [0.05, 0.1) is 0 Å². The summed E-state index contributed by atoms with van der Waals surface area (Å²) < 4.78 is 29.0. The topological polar surface area (TPSA) is 61.8 Å². The second-order valence-corrected chi connectivity index (χ2v) is 5.37. The zero-order valence-corrected chi connectivity index (χ0v) is 14.6. The third-order valence-electron chi connectivity index (χ3n) is 3.28. The molecule has 27 heavy (non-hydrogen) atoms. The number of hydrogen-bond donors (Lipinski definition) is 0. The Labute approximate surface area is 156 Å². The predicted octanol–water partition coefficient (Wildman–Crippen LogP) is 4.55. The van der Waals surface area contributed by atoms with Gasteiger partial charge in [0.2, 0.25) is 0 Å². The lowest BCUT2D eigenvalue weighted by molar-refractivity contribution is -0.132. The van der Waals surface area contributed by atoms with Crippen molar-refractivity contribution in [2.45, 2.75) is 6.92 Å². The van der Waals surface area contributed by atoms with E-state index in [4.69, 9.17) is 9.47 Å². The van der Waals surface area contributed by atoms with Crippen molar-refractivity contribution in [1.82, 2.24) is 0 Å². The lowest BCUT2D eigenvalue weighted by Crippen LogP contribution is -2.09. The highest BCUT2D eigenvalue weighted by molar-refractivity contribution is 5.88. The van der Waals surface area contributed by atoms with Crippen LogP contribution in [0.2, 0.25) is 0 Å². The Bertz CT molecular complexity index is 897. The molecular weight excluding hydrogens is 351 g/mol. The quantitative estimate of drug-likeness (QED) is 0.310. The maximum absolute atomic E-state index is 14.1. The summed E-state index contributed by atoms with van der Waals surface area (Å²) in [6.07, 6.45) is 3.34. The highest BCUT2D eigenvalue weighted by Gasteiger charge is 2.11. The molecule has 2 aromatic carbocycles. The lowest BCUT2D eigenvalue weighted by atomic mass is 10.1. The van der Waals surface area contributed by atoms with Crippen LogP contribution in [0.1, 0.15) is 6.92 Å². The van der Waals surface area contributed by atoms with Gasteiger partial charge in [-0.1, -0.05) is 31.4 Å². The molecule has 0 aliphatic rings. The summed E-state index contributed by atoms with van der Waals surface area (Å²) in [7, 11) is 0. The summed E-state index contributed by atoms with van der Waals surface area (Å²) >= 11 is 0. The maximum atomic E-state index is 14.1. The molecule has 0 aromatic heterocycles. The van der Waals surface area contributed by atoms with E-state index < -0.39 is 17.8 Å². The first-order valence-corrected chi connectivity index (χ1v) is 7.83. The number of hydrogen-bond acceptors (Lipinski definition) is 5. The largest absolute Gasteiger partial charge is 0.462 e. The summed E-state index contributed by atoms with van der Waals surface area (Å²) in [5.74, 6) is -1.60. The van der Waals surface area contributed by atoms with E-state index in [0.717, 1.165) is 17.9 Å². The third-order valence-corrected chi connectivity index (χ3v) is 3.28. The molecule has 0 N–H and O–H groups in total. The molecule has 0 aliphatic heterocycles. The van der Waals surface area contributed by atoms with E-state index in [2.05, 4.69) is 17.9 Å². The number of halogens is 1. The fourth-order valence-electron chi connectivity index (χ4n) is 1.93. The van der Waals surface area contributed by atoms with Crippen molar-refractivity contribution < 1.29 is 28.2 Å². The molecule has 0 unspecified atom stereocenters. The van der Waals surface area contributed by atoms with Gasteiger partial charge in [-0.3, -0.25) is 0 Å². The van der Waals surface area contributed by atoms with Gasteiger partial charge in [0.15, 0.2) is 11.6 Å². The Morgan fingerprint density at radius 1 is 1.04 bits per heavy atom. The van der Waals surface area contributed by atoms with Crippen molar-refractivity contribution in [3.8, 4) is 22.6 Å². The molecule has 5 nitrogen and oxygen atoms in total. The van der Waals surface area contributed by atoms with Crippen molar-refractivity contribution in [3.63, 3.8) is 0 Å². The van der Waals surface area contributed by atoms with Gasteiger partial charge in [-0.2, -0.15) is 0 Å². The highest BCUT2D eigenvalue weighted by atomic mass is 19.1. The summed E-state index contributed by atoms with van der Waals surface area (Å²) in [5.41, 5.74) is 1.52. The highest BCUT2D eigenvalue weighted by Crippen LogP contribution is 2.27. The molecule has 0 saturated carbocycles. The standard InChI is InChI=1S/C21H17FO5/c1-4-20(23)26-12-11-25-17-8-5-15(6-9-17)16-7-10-19(18(22)13-16)27-21(24)14(2)3/h4-13H,1-2H2,3H3/b12-11-. The Morgan fingerprint density at radius 2 is 1.70 bits per heavy atom. The first-order valence-electron chi connectivity index (χ1n) is 7.83. The summed E-state index contributed by atoms with van der Waals surface area (Å²) in [4.78, 5) is 22.3. The minimum Gasteiger partial charge on any atom is -0.462 e. The number of carbonyl (C=O) groups excluding carboxylic acids is 2. The van der Waals surface area contributed by atoms with Gasteiger partial charge in [-0.05, 0) is 42.3 Å². The molecule has 2 aromatic rings. The first-order chi connectivity index (χ1) is 12.9. The van der Waals surface area contributed by atoms with E-state index in [0.29, 0.717) is 11.3 Å². The van der Waals surface area contributed by atoms with Gasteiger partial charge < -0.3 is 14.2 Å². The van der Waals surface area contributed by atoms with Gasteiger partial charge in [-0.25, -0.2) is 14.0 Å². The van der Waals surface area contributed by atoms with Crippen LogP contribution >= 0.6 is 0 Å². The first kappa shape index (κ1) is 19.7. The van der Waals surface area contributed by atoms with Gasteiger partial charge in [0.1, 0.15) is 18.3 Å². The Kier molecular flexibility index (Phi) is 6.66. The van der Waals surface area contributed by atoms with Crippen molar-refractivity contribution in [2.75, 3.05) is 0 Å². The minimum absolute atomic E-state index is 0.161. The summed E-state index contributed by atoms with van der Waals surface area (Å²) in [5, 5.41) is 0. The van der Waals surface area contributed by atoms with Gasteiger partial charge >= 0.3 is 11.9 Å². The van der Waals surface area contributed by atoms with Gasteiger partial charge in [-0.15, -0.1) is 0 Å². The number of ether oxygens (including phenoxy) is 3. The van der Waals surface area contributed by atoms with Crippen LogP contribution in [0.25, 0.3) is 11.1 Å². The van der Waals surface area contributed by atoms with Crippen LogP contribution in [0, 0.1) is 5.82 Å². The minimum atomic E-state index is -0.685. The maximum Gasteiger partial charge on any atom is 0.338 e. The molecule has 0 bridgehead atoms. The average Bonchev–Trinajstić information content (AvgIpc) is 2.66. The van der Waals surface area contributed by atoms with E-state index in [1.54, 1.807) is 30.3 Å². The monoisotopic (exact) mass is 368 g/mol. The van der Waals surface area contributed by atoms with E-state index >= 15 is 0 Å². The molecule has 0 saturated heterocycles. The molecule has 0 amide bonds.